The molecule has 136 valence electrons. The van der Waals surface area contributed by atoms with Crippen LogP contribution < -0.4 is 0 Å². The summed E-state index contributed by atoms with van der Waals surface area (Å²) < 4.78 is 4.92. The third kappa shape index (κ3) is 3.63. The predicted octanol–water partition coefficient (Wildman–Crippen LogP) is 2.12. The van der Waals surface area contributed by atoms with E-state index in [4.69, 9.17) is 4.74 Å². The van der Waals surface area contributed by atoms with Crippen LogP contribution in [0.15, 0.2) is 52.4 Å². The monoisotopic (exact) mass is 392 g/mol. The number of nitrogens with zero attached hydrogens (tertiary/aromatic N) is 2. The number of carboxylic acids is 1. The molecule has 3 heterocycles. The fourth-order valence-corrected chi connectivity index (χ4v) is 5.14. The van der Waals surface area contributed by atoms with Gasteiger partial charge >= 0.3 is 11.9 Å². The van der Waals surface area contributed by atoms with E-state index in [2.05, 4.69) is 11.6 Å². The Hall–Kier alpha value is -2.26. The van der Waals surface area contributed by atoms with Gasteiger partial charge in [-0.15, -0.1) is 11.8 Å². The predicted molar refractivity (Wildman–Crippen MR) is 97.1 cm³/mol. The molecule has 0 spiro atoms. The summed E-state index contributed by atoms with van der Waals surface area (Å²) in [6, 6.07) is 2.50. The molecule has 1 aromatic rings. The highest BCUT2D eigenvalue weighted by Gasteiger charge is 2.55. The van der Waals surface area contributed by atoms with Crippen LogP contribution in [0.25, 0.3) is 0 Å². The lowest BCUT2D eigenvalue weighted by Gasteiger charge is -2.51. The standard InChI is InChI=1S/C17H16N2O5S2/c1-2-7-24-13(20)8-11-15(21)19-14(17(22)23)12(9-25-16(11)19)26-10-3-5-18-6-4-10/h2-6,9,11,14,16H,1,7-8H2,(H,22,23)/t11-,14?,16-/m1/s1. The molecule has 0 bridgehead atoms. The van der Waals surface area contributed by atoms with Gasteiger partial charge in [-0.3, -0.25) is 14.6 Å². The van der Waals surface area contributed by atoms with E-state index in [9.17, 15) is 19.5 Å². The molecule has 1 fully saturated rings. The van der Waals surface area contributed by atoms with E-state index >= 15 is 0 Å². The van der Waals surface area contributed by atoms with Crippen molar-refractivity contribution in [3.05, 3.63) is 47.5 Å². The summed E-state index contributed by atoms with van der Waals surface area (Å²) in [5, 5.41) is 11.0. The van der Waals surface area contributed by atoms with Crippen LogP contribution in [0, 0.1) is 5.92 Å². The molecule has 2 aliphatic heterocycles. The number of fused-ring (bicyclic) bond motifs is 1. The first kappa shape index (κ1) is 18.5. The van der Waals surface area contributed by atoms with E-state index in [1.165, 1.54) is 34.5 Å². The topological polar surface area (TPSA) is 96.8 Å². The molecule has 26 heavy (non-hydrogen) atoms. The second kappa shape index (κ2) is 7.96. The zero-order valence-corrected chi connectivity index (χ0v) is 15.2. The maximum Gasteiger partial charge on any atom is 0.331 e. The summed E-state index contributed by atoms with van der Waals surface area (Å²) in [5.41, 5.74) is 0. The Kier molecular flexibility index (Phi) is 5.67. The SMILES string of the molecule is C=CCOC(=O)C[C@@H]1C(=O)N2C(C(=O)O)C(Sc3ccncc3)=CS[C@H]12. The Morgan fingerprint density at radius 3 is 2.81 bits per heavy atom. The quantitative estimate of drug-likeness (QED) is 0.428. The van der Waals surface area contributed by atoms with Gasteiger partial charge < -0.3 is 14.7 Å². The Bertz CT molecular complexity index is 768. The third-order valence-corrected chi connectivity index (χ3v) is 6.39. The summed E-state index contributed by atoms with van der Waals surface area (Å²) in [6.07, 6.45) is 4.63. The molecule has 3 rings (SSSR count). The van der Waals surface area contributed by atoms with E-state index in [-0.39, 0.29) is 24.3 Å². The lowest BCUT2D eigenvalue weighted by Crippen LogP contribution is -2.66. The van der Waals surface area contributed by atoms with Crippen molar-refractivity contribution in [1.29, 1.82) is 0 Å². The van der Waals surface area contributed by atoms with Crippen molar-refractivity contribution in [2.75, 3.05) is 6.61 Å². The summed E-state index contributed by atoms with van der Waals surface area (Å²) in [4.78, 5) is 42.7. The smallest absolute Gasteiger partial charge is 0.331 e. The molecule has 1 amide bonds. The number of hydrogen-bond acceptors (Lipinski definition) is 7. The number of amides is 1. The van der Waals surface area contributed by atoms with Crippen LogP contribution in [0.5, 0.6) is 0 Å². The maximum atomic E-state index is 12.5. The number of esters is 1. The fraction of sp³-hybridized carbons (Fsp3) is 0.294. The molecule has 0 radical (unpaired) electrons. The second-order valence-corrected chi connectivity index (χ2v) is 7.74. The lowest BCUT2D eigenvalue weighted by atomic mass is 9.92. The highest BCUT2D eigenvalue weighted by molar-refractivity contribution is 8.06. The third-order valence-electron chi connectivity index (χ3n) is 3.93. The van der Waals surface area contributed by atoms with Crippen LogP contribution in [-0.2, 0) is 19.1 Å². The average molecular weight is 392 g/mol. The zero-order chi connectivity index (χ0) is 18.7. The summed E-state index contributed by atoms with van der Waals surface area (Å²) in [6.45, 7) is 3.55. The van der Waals surface area contributed by atoms with Gasteiger partial charge in [0.05, 0.1) is 17.7 Å². The van der Waals surface area contributed by atoms with Gasteiger partial charge in [0.2, 0.25) is 5.91 Å². The van der Waals surface area contributed by atoms with Crippen LogP contribution in [0.3, 0.4) is 0 Å². The molecule has 7 nitrogen and oxygen atoms in total. The number of rotatable bonds is 7. The molecule has 0 aliphatic carbocycles. The highest BCUT2D eigenvalue weighted by atomic mass is 32.2. The van der Waals surface area contributed by atoms with Gasteiger partial charge in [0.15, 0.2) is 6.04 Å². The Morgan fingerprint density at radius 1 is 1.42 bits per heavy atom. The first-order valence-corrected chi connectivity index (χ1v) is 9.53. The molecule has 1 N–H and O–H groups in total. The number of pyridine rings is 1. The summed E-state index contributed by atoms with van der Waals surface area (Å²) >= 11 is 2.65. The maximum absolute atomic E-state index is 12.5. The minimum absolute atomic E-state index is 0.0617. The molecule has 9 heteroatoms. The highest BCUT2D eigenvalue weighted by Crippen LogP contribution is 2.48. The lowest BCUT2D eigenvalue weighted by molar-refractivity contribution is -0.165. The van der Waals surface area contributed by atoms with Gasteiger partial charge in [-0.25, -0.2) is 4.79 Å². The molecule has 2 aliphatic rings. The number of carboxylic acid groups (broad SMARTS) is 1. The van der Waals surface area contributed by atoms with Gasteiger partial charge in [0, 0.05) is 22.2 Å². The number of carbonyl (C=O) groups excluding carboxylic acids is 2. The molecule has 3 atom stereocenters. The van der Waals surface area contributed by atoms with Crippen LogP contribution in [0.2, 0.25) is 0 Å². The molecule has 1 aromatic heterocycles. The first-order valence-electron chi connectivity index (χ1n) is 7.78. The van der Waals surface area contributed by atoms with Gasteiger partial charge in [-0.1, -0.05) is 24.4 Å². The number of thioether (sulfide) groups is 2. The van der Waals surface area contributed by atoms with Crippen LogP contribution >= 0.6 is 23.5 Å². The minimum atomic E-state index is -1.09. The van der Waals surface area contributed by atoms with E-state index < -0.39 is 23.9 Å². The van der Waals surface area contributed by atoms with E-state index in [0.29, 0.717) is 4.91 Å². The van der Waals surface area contributed by atoms with Gasteiger partial charge in [-0.05, 0) is 17.5 Å². The Labute approximate surface area is 158 Å². The van der Waals surface area contributed by atoms with Crippen molar-refractivity contribution in [2.45, 2.75) is 22.7 Å². The van der Waals surface area contributed by atoms with Gasteiger partial charge in [0.25, 0.3) is 0 Å². The average Bonchev–Trinajstić information content (AvgIpc) is 2.64. The Morgan fingerprint density at radius 2 is 2.15 bits per heavy atom. The van der Waals surface area contributed by atoms with Gasteiger partial charge in [0.1, 0.15) is 6.61 Å². The molecular weight excluding hydrogens is 376 g/mol. The van der Waals surface area contributed by atoms with Crippen molar-refractivity contribution >= 4 is 41.4 Å². The van der Waals surface area contributed by atoms with E-state index in [1.54, 1.807) is 29.9 Å². The largest absolute Gasteiger partial charge is 0.479 e. The number of ether oxygens (including phenoxy) is 1. The van der Waals surface area contributed by atoms with Crippen molar-refractivity contribution in [3.63, 3.8) is 0 Å². The van der Waals surface area contributed by atoms with Crippen molar-refractivity contribution in [2.24, 2.45) is 5.92 Å². The molecule has 0 saturated carbocycles. The number of aliphatic carboxylic acids is 1. The molecule has 1 saturated heterocycles. The normalized spacial score (nSPS) is 24.2. The number of aromatic nitrogens is 1. The second-order valence-electron chi connectivity index (χ2n) is 5.60. The van der Waals surface area contributed by atoms with Crippen LogP contribution in [0.1, 0.15) is 6.42 Å². The summed E-state index contributed by atoms with van der Waals surface area (Å²) in [7, 11) is 0. The summed E-state index contributed by atoms with van der Waals surface area (Å²) in [5.74, 6) is -2.49. The molecular formula is C17H16N2O5S2. The van der Waals surface area contributed by atoms with Gasteiger partial charge in [-0.2, -0.15) is 0 Å². The zero-order valence-electron chi connectivity index (χ0n) is 13.6. The van der Waals surface area contributed by atoms with E-state index in [1.807, 2.05) is 0 Å². The minimum Gasteiger partial charge on any atom is -0.479 e. The number of β-lactam (4-membered cyclic amide) rings is 1. The van der Waals surface area contributed by atoms with Crippen molar-refractivity contribution in [1.82, 2.24) is 9.88 Å². The molecule has 1 unspecified atom stereocenters. The van der Waals surface area contributed by atoms with Crippen molar-refractivity contribution < 1.29 is 24.2 Å². The first-order chi connectivity index (χ1) is 12.5. The molecule has 0 aromatic carbocycles. The Balaban J connectivity index is 1.74. The van der Waals surface area contributed by atoms with Crippen molar-refractivity contribution in [3.8, 4) is 0 Å². The van der Waals surface area contributed by atoms with Crippen LogP contribution in [0.4, 0.5) is 0 Å². The van der Waals surface area contributed by atoms with E-state index in [0.717, 1.165) is 4.90 Å². The number of hydrogen-bond donors (Lipinski definition) is 1. The van der Waals surface area contributed by atoms with Crippen LogP contribution in [-0.4, -0.2) is 50.9 Å². The number of carbonyl (C=O) groups is 3. The fourth-order valence-electron chi connectivity index (χ4n) is 2.76.